The predicted octanol–water partition coefficient (Wildman–Crippen LogP) is 6.65. The predicted molar refractivity (Wildman–Crippen MR) is 198 cm³/mol. The molecule has 4 N–H and O–H groups in total. The molecule has 4 aromatic heterocycles. The number of sulfone groups is 1. The number of nitrogens with two attached hydrogens (primary N) is 1. The smallest absolute Gasteiger partial charge is 0.257 e. The van der Waals surface area contributed by atoms with Crippen molar-refractivity contribution in [3.8, 4) is 11.8 Å². The molecule has 8 rings (SSSR count). The lowest BCUT2D eigenvalue weighted by Crippen LogP contribution is -2.18. The van der Waals surface area contributed by atoms with Crippen molar-refractivity contribution in [2.24, 2.45) is 5.92 Å². The number of nitrogens with one attached hydrogen (secondary N) is 2. The molecule has 2 aliphatic rings. The van der Waals surface area contributed by atoms with Gasteiger partial charge < -0.3 is 20.5 Å². The number of para-hydroxylation sites is 1. The topological polar surface area (TPSA) is 188 Å². The van der Waals surface area contributed by atoms with Crippen molar-refractivity contribution in [3.05, 3.63) is 78.4 Å². The number of Topliss-reactive ketones (excluding diaryl/α,β-unsaturated/α-hetero) is 1. The van der Waals surface area contributed by atoms with Gasteiger partial charge in [-0.15, -0.1) is 0 Å². The SMILES string of the molecule is COc1ccc2nc(N)sc2n1.COc1ccc2nc(NC(=O)/C(=C/C3CCC(=O)CC3)c3ccc4c(c3)Nc3ccccc3S4(=O)=O)sc2n1. The number of carbonyl (C=O) groups excluding carboxylic acids is 2. The Labute approximate surface area is 300 Å². The van der Waals surface area contributed by atoms with Crippen LogP contribution >= 0.6 is 22.7 Å². The standard InChI is InChI=1S/C28H24N4O5S2.C7H7N3OS/c1-37-25-13-11-21-27(31-25)38-28(30-21)32-26(34)19(14-16-6-9-18(33)10-7-16)17-8-12-24-22(15-17)29-20-4-2-3-5-23(20)39(24,35)36;1-11-5-3-2-4-6(10-5)12-7(8)9-4/h2-5,8,11-16,29H,6-7,9-10H2,1H3,(H,30,32,34);2-3H,1H3,(H2,8,9)/b19-14+;. The highest BCUT2D eigenvalue weighted by molar-refractivity contribution is 7.92. The zero-order chi connectivity index (χ0) is 35.7. The van der Waals surface area contributed by atoms with Crippen LogP contribution in [0.15, 0.2) is 82.6 Å². The van der Waals surface area contributed by atoms with Crippen LogP contribution in [0, 0.1) is 5.92 Å². The molecule has 5 heterocycles. The quantitative estimate of drug-likeness (QED) is 0.154. The Morgan fingerprint density at radius 3 is 2.22 bits per heavy atom. The summed E-state index contributed by atoms with van der Waals surface area (Å²) in [5.74, 6) is 0.931. The number of aromatic nitrogens is 4. The lowest BCUT2D eigenvalue weighted by molar-refractivity contribution is -0.120. The highest BCUT2D eigenvalue weighted by Crippen LogP contribution is 2.41. The third kappa shape index (κ3) is 7.10. The molecule has 13 nitrogen and oxygen atoms in total. The van der Waals surface area contributed by atoms with E-state index in [2.05, 4.69) is 30.6 Å². The molecule has 1 saturated carbocycles. The summed E-state index contributed by atoms with van der Waals surface area (Å²) < 4.78 is 36.6. The van der Waals surface area contributed by atoms with E-state index < -0.39 is 9.84 Å². The van der Waals surface area contributed by atoms with E-state index in [-0.39, 0.29) is 27.4 Å². The summed E-state index contributed by atoms with van der Waals surface area (Å²) in [5.41, 5.74) is 8.80. The molecule has 2 aromatic carbocycles. The second-order valence-corrected chi connectivity index (χ2v) is 15.5. The highest BCUT2D eigenvalue weighted by atomic mass is 32.2. The van der Waals surface area contributed by atoms with Gasteiger partial charge in [0.05, 0.1) is 35.4 Å². The van der Waals surface area contributed by atoms with Crippen molar-refractivity contribution >= 4 is 92.1 Å². The van der Waals surface area contributed by atoms with Crippen LogP contribution in [0.3, 0.4) is 0 Å². The second kappa shape index (κ2) is 14.0. The van der Waals surface area contributed by atoms with Crippen LogP contribution in [0.4, 0.5) is 21.6 Å². The van der Waals surface area contributed by atoms with Gasteiger partial charge >= 0.3 is 0 Å². The first-order chi connectivity index (χ1) is 24.6. The van der Waals surface area contributed by atoms with Gasteiger partial charge in [-0.25, -0.2) is 28.4 Å². The molecule has 1 aliphatic heterocycles. The van der Waals surface area contributed by atoms with E-state index >= 15 is 0 Å². The zero-order valence-electron chi connectivity index (χ0n) is 27.4. The average molecular weight is 742 g/mol. The van der Waals surface area contributed by atoms with Gasteiger partial charge in [0.2, 0.25) is 21.6 Å². The van der Waals surface area contributed by atoms with Crippen molar-refractivity contribution in [3.63, 3.8) is 0 Å². The molecule has 0 unspecified atom stereocenters. The molecule has 1 fully saturated rings. The Hall–Kier alpha value is -5.45. The van der Waals surface area contributed by atoms with Gasteiger partial charge in [-0.05, 0) is 60.7 Å². The minimum atomic E-state index is -3.71. The van der Waals surface area contributed by atoms with Crippen LogP contribution in [0.5, 0.6) is 11.8 Å². The molecule has 51 heavy (non-hydrogen) atoms. The van der Waals surface area contributed by atoms with Gasteiger partial charge in [-0.1, -0.05) is 46.9 Å². The van der Waals surface area contributed by atoms with Crippen LogP contribution in [-0.2, 0) is 19.4 Å². The molecule has 1 aliphatic carbocycles. The third-order valence-corrected chi connectivity index (χ3v) is 11.9. The normalized spacial score (nSPS) is 15.3. The molecule has 6 aromatic rings. The first-order valence-corrected chi connectivity index (χ1v) is 18.9. The average Bonchev–Trinajstić information content (AvgIpc) is 3.72. The van der Waals surface area contributed by atoms with E-state index in [1.165, 1.54) is 35.8 Å². The van der Waals surface area contributed by atoms with Crippen LogP contribution in [0.2, 0.25) is 0 Å². The largest absolute Gasteiger partial charge is 0.481 e. The number of ketones is 1. The molecular formula is C35H31N7O6S3. The van der Waals surface area contributed by atoms with E-state index in [4.69, 9.17) is 15.2 Å². The first kappa shape index (κ1) is 34.0. The molecule has 260 valence electrons. The number of amides is 1. The Bertz CT molecular complexity index is 2450. The maximum absolute atomic E-state index is 13.7. The number of anilines is 4. The molecule has 16 heteroatoms. The van der Waals surface area contributed by atoms with Crippen LogP contribution in [-0.4, -0.2) is 54.3 Å². The van der Waals surface area contributed by atoms with E-state index in [1.807, 2.05) is 12.1 Å². The number of allylic oxidation sites excluding steroid dienone is 1. The molecule has 0 atom stereocenters. The van der Waals surface area contributed by atoms with E-state index in [0.717, 1.165) is 10.3 Å². The molecular weight excluding hydrogens is 711 g/mol. The van der Waals surface area contributed by atoms with Gasteiger partial charge in [0.25, 0.3) is 5.91 Å². The van der Waals surface area contributed by atoms with Gasteiger partial charge in [-0.3, -0.25) is 14.9 Å². The number of nitrogen functional groups attached to an aromatic ring is 1. The lowest BCUT2D eigenvalue weighted by atomic mass is 9.86. The Kier molecular flexibility index (Phi) is 9.37. The first-order valence-electron chi connectivity index (χ1n) is 15.8. The Balaban J connectivity index is 0.000000285. The number of fused-ring (bicyclic) bond motifs is 4. The number of nitrogens with zero attached hydrogens (tertiary/aromatic N) is 4. The van der Waals surface area contributed by atoms with Gasteiger partial charge in [0.1, 0.15) is 26.5 Å². The zero-order valence-corrected chi connectivity index (χ0v) is 29.8. The summed E-state index contributed by atoms with van der Waals surface area (Å²) in [7, 11) is -0.597. The fourth-order valence-corrected chi connectivity index (χ4v) is 8.90. The molecule has 0 saturated heterocycles. The van der Waals surface area contributed by atoms with E-state index in [0.29, 0.717) is 80.6 Å². The number of methoxy groups -OCH3 is 2. The van der Waals surface area contributed by atoms with Crippen molar-refractivity contribution < 1.29 is 27.5 Å². The van der Waals surface area contributed by atoms with Crippen molar-refractivity contribution in [2.75, 3.05) is 30.6 Å². The molecule has 0 radical (unpaired) electrons. The lowest BCUT2D eigenvalue weighted by Gasteiger charge is -2.23. The number of thiazole rings is 2. The summed E-state index contributed by atoms with van der Waals surface area (Å²) in [6.07, 6.45) is 4.16. The van der Waals surface area contributed by atoms with Crippen LogP contribution in [0.1, 0.15) is 31.2 Å². The number of pyridine rings is 2. The number of hydrogen-bond acceptors (Lipinski definition) is 14. The summed E-state index contributed by atoms with van der Waals surface area (Å²) in [6, 6.07) is 18.7. The van der Waals surface area contributed by atoms with Crippen LogP contribution in [0.25, 0.3) is 26.3 Å². The summed E-state index contributed by atoms with van der Waals surface area (Å²) in [4.78, 5) is 44.4. The minimum Gasteiger partial charge on any atom is -0.481 e. The summed E-state index contributed by atoms with van der Waals surface area (Å²) >= 11 is 2.59. The van der Waals surface area contributed by atoms with Gasteiger partial charge in [0, 0.05) is 30.5 Å². The Morgan fingerprint density at radius 2 is 1.51 bits per heavy atom. The van der Waals surface area contributed by atoms with Crippen LogP contribution < -0.4 is 25.8 Å². The maximum Gasteiger partial charge on any atom is 0.257 e. The fourth-order valence-electron chi connectivity index (χ4n) is 5.83. The number of hydrogen-bond donors (Lipinski definition) is 3. The minimum absolute atomic E-state index is 0.0400. The van der Waals surface area contributed by atoms with Crippen molar-refractivity contribution in [2.45, 2.75) is 35.5 Å². The third-order valence-electron chi connectivity index (χ3n) is 8.38. The summed E-state index contributed by atoms with van der Waals surface area (Å²) in [6.45, 7) is 0. The molecule has 0 bridgehead atoms. The highest BCUT2D eigenvalue weighted by Gasteiger charge is 2.30. The number of rotatable bonds is 6. The van der Waals surface area contributed by atoms with Gasteiger partial charge in [0.15, 0.2) is 10.3 Å². The monoisotopic (exact) mass is 741 g/mol. The molecule has 1 amide bonds. The number of ether oxygens (including phenoxy) is 2. The fraction of sp³-hybridized carbons (Fsp3) is 0.200. The number of benzene rings is 2. The number of carbonyl (C=O) groups is 2. The summed E-state index contributed by atoms with van der Waals surface area (Å²) in [5, 5.41) is 7.01. The molecule has 0 spiro atoms. The van der Waals surface area contributed by atoms with E-state index in [1.54, 1.807) is 61.7 Å². The Morgan fingerprint density at radius 1 is 0.863 bits per heavy atom. The van der Waals surface area contributed by atoms with Crippen molar-refractivity contribution in [1.29, 1.82) is 0 Å². The maximum atomic E-state index is 13.7. The van der Waals surface area contributed by atoms with E-state index in [9.17, 15) is 18.0 Å². The van der Waals surface area contributed by atoms with Crippen molar-refractivity contribution in [1.82, 2.24) is 19.9 Å². The second-order valence-electron chi connectivity index (χ2n) is 11.7. The van der Waals surface area contributed by atoms with Gasteiger partial charge in [-0.2, -0.15) is 0 Å².